The van der Waals surface area contributed by atoms with E-state index in [1.807, 2.05) is 42.1 Å². The minimum absolute atomic E-state index is 0.138. The summed E-state index contributed by atoms with van der Waals surface area (Å²) in [6.07, 6.45) is 2.65. The third-order valence-corrected chi connectivity index (χ3v) is 4.94. The van der Waals surface area contributed by atoms with Crippen LogP contribution in [0.2, 0.25) is 0 Å². The number of aromatic nitrogens is 1. The molecule has 1 unspecified atom stereocenters. The van der Waals surface area contributed by atoms with Gasteiger partial charge in [-0.25, -0.2) is 4.98 Å². The monoisotopic (exact) mass is 372 g/mol. The van der Waals surface area contributed by atoms with Crippen molar-refractivity contribution in [3.05, 3.63) is 59.8 Å². The highest BCUT2D eigenvalue weighted by molar-refractivity contribution is 7.99. The van der Waals surface area contributed by atoms with E-state index in [2.05, 4.69) is 10.3 Å². The van der Waals surface area contributed by atoms with Crippen LogP contribution in [0.3, 0.4) is 0 Å². The Labute approximate surface area is 156 Å². The average Bonchev–Trinajstić information content (AvgIpc) is 3.18. The Morgan fingerprint density at radius 3 is 2.85 bits per heavy atom. The van der Waals surface area contributed by atoms with Crippen LogP contribution in [-0.2, 0) is 16.1 Å². The number of carbonyl (C=O) groups is 2. The molecule has 3 rings (SSSR count). The SMILES string of the molecule is O=C(CNC(=O)c1ccnc(OC2CCSC2)c1)OCc1ccccc1. The van der Waals surface area contributed by atoms with Crippen molar-refractivity contribution in [1.29, 1.82) is 0 Å². The van der Waals surface area contributed by atoms with Crippen LogP contribution in [0.4, 0.5) is 0 Å². The maximum Gasteiger partial charge on any atom is 0.325 e. The Balaban J connectivity index is 1.46. The zero-order valence-corrected chi connectivity index (χ0v) is 15.0. The fraction of sp³-hybridized carbons (Fsp3) is 0.316. The van der Waals surface area contributed by atoms with Gasteiger partial charge in [-0.05, 0) is 23.8 Å². The van der Waals surface area contributed by atoms with E-state index < -0.39 is 5.97 Å². The first-order valence-corrected chi connectivity index (χ1v) is 9.54. The maximum absolute atomic E-state index is 12.2. The highest BCUT2D eigenvalue weighted by Crippen LogP contribution is 2.22. The summed E-state index contributed by atoms with van der Waals surface area (Å²) in [5.41, 5.74) is 1.30. The quantitative estimate of drug-likeness (QED) is 0.752. The van der Waals surface area contributed by atoms with Crippen LogP contribution in [0.5, 0.6) is 5.88 Å². The molecule has 0 aliphatic carbocycles. The lowest BCUT2D eigenvalue weighted by Gasteiger charge is -2.12. The van der Waals surface area contributed by atoms with Crippen LogP contribution in [0, 0.1) is 0 Å². The van der Waals surface area contributed by atoms with Crippen LogP contribution in [0.25, 0.3) is 0 Å². The van der Waals surface area contributed by atoms with Crippen LogP contribution in [-0.4, -0.2) is 41.0 Å². The fourth-order valence-corrected chi connectivity index (χ4v) is 3.53. The number of ether oxygens (including phenoxy) is 2. The average molecular weight is 372 g/mol. The van der Waals surface area contributed by atoms with Crippen LogP contribution < -0.4 is 10.1 Å². The predicted molar refractivity (Wildman–Crippen MR) is 99.2 cm³/mol. The second kappa shape index (κ2) is 9.24. The number of benzene rings is 1. The lowest BCUT2D eigenvalue weighted by molar-refractivity contribution is -0.143. The lowest BCUT2D eigenvalue weighted by atomic mass is 10.2. The van der Waals surface area contributed by atoms with Gasteiger partial charge in [-0.1, -0.05) is 30.3 Å². The smallest absolute Gasteiger partial charge is 0.325 e. The van der Waals surface area contributed by atoms with Gasteiger partial charge < -0.3 is 14.8 Å². The summed E-state index contributed by atoms with van der Waals surface area (Å²) in [6, 6.07) is 12.6. The third kappa shape index (κ3) is 5.49. The van der Waals surface area contributed by atoms with Gasteiger partial charge >= 0.3 is 5.97 Å². The molecule has 1 N–H and O–H groups in total. The van der Waals surface area contributed by atoms with Crippen molar-refractivity contribution in [2.45, 2.75) is 19.1 Å². The standard InChI is InChI=1S/C19H20N2O4S/c22-18(24-12-14-4-2-1-3-5-14)11-21-19(23)15-6-8-20-17(10-15)25-16-7-9-26-13-16/h1-6,8,10,16H,7,9,11-13H2,(H,21,23). The Bertz CT molecular complexity index is 748. The Kier molecular flexibility index (Phi) is 6.49. The van der Waals surface area contributed by atoms with E-state index >= 15 is 0 Å². The summed E-state index contributed by atoms with van der Waals surface area (Å²) in [5.74, 6) is 1.59. The predicted octanol–water partition coefficient (Wildman–Crippen LogP) is 2.44. The van der Waals surface area contributed by atoms with Gasteiger partial charge in [0.15, 0.2) is 0 Å². The van der Waals surface area contributed by atoms with Gasteiger partial charge in [0.2, 0.25) is 5.88 Å². The second-order valence-electron chi connectivity index (χ2n) is 5.82. The van der Waals surface area contributed by atoms with E-state index in [0.29, 0.717) is 11.4 Å². The number of nitrogens with zero attached hydrogens (tertiary/aromatic N) is 1. The molecular weight excluding hydrogens is 352 g/mol. The van der Waals surface area contributed by atoms with Crippen LogP contribution in [0.15, 0.2) is 48.7 Å². The van der Waals surface area contributed by atoms with Crippen LogP contribution >= 0.6 is 11.8 Å². The number of hydrogen-bond donors (Lipinski definition) is 1. The van der Waals surface area contributed by atoms with Crippen molar-refractivity contribution >= 4 is 23.6 Å². The van der Waals surface area contributed by atoms with E-state index in [1.54, 1.807) is 12.1 Å². The first-order chi connectivity index (χ1) is 12.7. The molecule has 0 spiro atoms. The van der Waals surface area contributed by atoms with Gasteiger partial charge in [-0.3, -0.25) is 9.59 Å². The molecule has 1 amide bonds. The summed E-state index contributed by atoms with van der Waals surface area (Å²) >= 11 is 1.84. The van der Waals surface area contributed by atoms with E-state index in [-0.39, 0.29) is 25.2 Å². The van der Waals surface area contributed by atoms with Gasteiger partial charge in [-0.15, -0.1) is 0 Å². The summed E-state index contributed by atoms with van der Waals surface area (Å²) in [5, 5.41) is 2.55. The molecule has 1 aliphatic heterocycles. The second-order valence-corrected chi connectivity index (χ2v) is 6.96. The van der Waals surface area contributed by atoms with Gasteiger partial charge in [-0.2, -0.15) is 11.8 Å². The highest BCUT2D eigenvalue weighted by atomic mass is 32.2. The topological polar surface area (TPSA) is 77.5 Å². The molecular formula is C19H20N2O4S. The summed E-state index contributed by atoms with van der Waals surface area (Å²) in [6.45, 7) is -0.00830. The molecule has 0 saturated carbocycles. The number of pyridine rings is 1. The lowest BCUT2D eigenvalue weighted by Crippen LogP contribution is -2.30. The molecule has 1 aromatic carbocycles. The zero-order valence-electron chi connectivity index (χ0n) is 14.2. The molecule has 136 valence electrons. The third-order valence-electron chi connectivity index (χ3n) is 3.81. The number of carbonyl (C=O) groups excluding carboxylic acids is 2. The Morgan fingerprint density at radius 1 is 1.23 bits per heavy atom. The molecule has 7 heteroatoms. The molecule has 1 saturated heterocycles. The zero-order chi connectivity index (χ0) is 18.2. The van der Waals surface area contributed by atoms with E-state index in [0.717, 1.165) is 23.5 Å². The van der Waals surface area contributed by atoms with Gasteiger partial charge in [0.1, 0.15) is 19.3 Å². The summed E-state index contributed by atoms with van der Waals surface area (Å²) < 4.78 is 10.9. The minimum atomic E-state index is -0.490. The minimum Gasteiger partial charge on any atom is -0.473 e. The van der Waals surface area contributed by atoms with Crippen molar-refractivity contribution < 1.29 is 19.1 Å². The number of nitrogens with one attached hydrogen (secondary N) is 1. The van der Waals surface area contributed by atoms with E-state index in [4.69, 9.17) is 9.47 Å². The van der Waals surface area contributed by atoms with Crippen LogP contribution in [0.1, 0.15) is 22.3 Å². The number of hydrogen-bond acceptors (Lipinski definition) is 6. The van der Waals surface area contributed by atoms with E-state index in [9.17, 15) is 9.59 Å². The van der Waals surface area contributed by atoms with Crippen molar-refractivity contribution in [3.63, 3.8) is 0 Å². The number of thioether (sulfide) groups is 1. The maximum atomic E-state index is 12.2. The largest absolute Gasteiger partial charge is 0.473 e. The molecule has 0 radical (unpaired) electrons. The molecule has 0 bridgehead atoms. The van der Waals surface area contributed by atoms with Gasteiger partial charge in [0.05, 0.1) is 0 Å². The van der Waals surface area contributed by atoms with Crippen molar-refractivity contribution in [2.75, 3.05) is 18.1 Å². The number of amides is 1. The summed E-state index contributed by atoms with van der Waals surface area (Å²) in [4.78, 5) is 28.1. The van der Waals surface area contributed by atoms with Crippen molar-refractivity contribution in [2.24, 2.45) is 0 Å². The molecule has 1 aliphatic rings. The highest BCUT2D eigenvalue weighted by Gasteiger charge is 2.18. The molecule has 1 atom stereocenters. The van der Waals surface area contributed by atoms with Gasteiger partial charge in [0.25, 0.3) is 5.91 Å². The van der Waals surface area contributed by atoms with Gasteiger partial charge in [0, 0.05) is 23.6 Å². The first-order valence-electron chi connectivity index (χ1n) is 8.39. The first kappa shape index (κ1) is 18.3. The van der Waals surface area contributed by atoms with E-state index in [1.165, 1.54) is 6.20 Å². The molecule has 1 aromatic heterocycles. The molecule has 6 nitrogen and oxygen atoms in total. The molecule has 2 heterocycles. The Hall–Kier alpha value is -2.54. The Morgan fingerprint density at radius 2 is 2.08 bits per heavy atom. The number of esters is 1. The molecule has 26 heavy (non-hydrogen) atoms. The fourth-order valence-electron chi connectivity index (χ4n) is 2.44. The molecule has 2 aromatic rings. The van der Waals surface area contributed by atoms with Crippen molar-refractivity contribution in [1.82, 2.24) is 10.3 Å². The summed E-state index contributed by atoms with van der Waals surface area (Å²) in [7, 11) is 0. The van der Waals surface area contributed by atoms with Crippen molar-refractivity contribution in [3.8, 4) is 5.88 Å². The number of rotatable bonds is 7. The normalized spacial score (nSPS) is 16.1. The molecule has 1 fully saturated rings.